The summed E-state index contributed by atoms with van der Waals surface area (Å²) in [5.41, 5.74) is 0. The first-order valence-electron chi connectivity index (χ1n) is 4.22. The van der Waals surface area contributed by atoms with E-state index >= 15 is 0 Å². The smallest absolute Gasteiger partial charge is 0.325 e. The molecule has 1 fully saturated rings. The van der Waals surface area contributed by atoms with E-state index in [0.717, 1.165) is 6.42 Å². The van der Waals surface area contributed by atoms with Crippen molar-refractivity contribution in [3.63, 3.8) is 0 Å². The minimum absolute atomic E-state index is 0.144. The van der Waals surface area contributed by atoms with Crippen LogP contribution in [0, 0.1) is 5.92 Å². The molecule has 1 N–H and O–H groups in total. The maximum atomic E-state index is 10.4. The fraction of sp³-hybridized carbons (Fsp3) is 0.714. The SMILES string of the molecule is O=C(O)Cn1nnnc1CC1CC1. The van der Waals surface area contributed by atoms with Gasteiger partial charge in [-0.1, -0.05) is 0 Å². The molecule has 1 heterocycles. The van der Waals surface area contributed by atoms with Crippen molar-refractivity contribution in [1.29, 1.82) is 0 Å². The number of nitrogens with zero attached hydrogens (tertiary/aromatic N) is 4. The van der Waals surface area contributed by atoms with Gasteiger partial charge in [0.2, 0.25) is 0 Å². The molecule has 6 nitrogen and oxygen atoms in total. The van der Waals surface area contributed by atoms with Gasteiger partial charge in [0.05, 0.1) is 0 Å². The van der Waals surface area contributed by atoms with Crippen LogP contribution in [-0.2, 0) is 17.8 Å². The number of hydrogen-bond donors (Lipinski definition) is 1. The summed E-state index contributed by atoms with van der Waals surface area (Å²) >= 11 is 0. The molecule has 0 spiro atoms. The highest BCUT2D eigenvalue weighted by Gasteiger charge is 2.24. The Bertz CT molecular complexity index is 318. The zero-order chi connectivity index (χ0) is 9.26. The normalized spacial score (nSPS) is 16.0. The molecule has 0 saturated heterocycles. The molecular weight excluding hydrogens is 172 g/mol. The van der Waals surface area contributed by atoms with Gasteiger partial charge in [0.25, 0.3) is 0 Å². The topological polar surface area (TPSA) is 80.9 Å². The first-order valence-corrected chi connectivity index (χ1v) is 4.22. The van der Waals surface area contributed by atoms with E-state index in [2.05, 4.69) is 15.5 Å². The lowest BCUT2D eigenvalue weighted by atomic mass is 10.3. The number of aromatic nitrogens is 4. The van der Waals surface area contributed by atoms with Crippen LogP contribution in [0.1, 0.15) is 18.7 Å². The molecule has 6 heteroatoms. The first-order chi connectivity index (χ1) is 6.25. The fourth-order valence-electron chi connectivity index (χ4n) is 1.20. The highest BCUT2D eigenvalue weighted by atomic mass is 16.4. The van der Waals surface area contributed by atoms with Crippen molar-refractivity contribution in [3.05, 3.63) is 5.82 Å². The van der Waals surface area contributed by atoms with E-state index in [9.17, 15) is 4.79 Å². The minimum atomic E-state index is -0.913. The minimum Gasteiger partial charge on any atom is -0.480 e. The van der Waals surface area contributed by atoms with Crippen LogP contribution in [0.4, 0.5) is 0 Å². The van der Waals surface area contributed by atoms with Gasteiger partial charge in [-0.2, -0.15) is 0 Å². The number of rotatable bonds is 4. The van der Waals surface area contributed by atoms with Gasteiger partial charge in [-0.05, 0) is 29.2 Å². The van der Waals surface area contributed by atoms with E-state index in [1.54, 1.807) is 0 Å². The number of hydrogen-bond acceptors (Lipinski definition) is 4. The standard InChI is InChI=1S/C7H10N4O2/c12-7(13)4-11-6(8-9-10-11)3-5-1-2-5/h5H,1-4H2,(H,12,13). The summed E-state index contributed by atoms with van der Waals surface area (Å²) in [6.45, 7) is -0.144. The van der Waals surface area contributed by atoms with Gasteiger partial charge in [-0.3, -0.25) is 4.79 Å². The third-order valence-corrected chi connectivity index (χ3v) is 2.06. The molecule has 1 aromatic rings. The van der Waals surface area contributed by atoms with Gasteiger partial charge >= 0.3 is 5.97 Å². The third-order valence-electron chi connectivity index (χ3n) is 2.06. The molecule has 0 aliphatic heterocycles. The van der Waals surface area contributed by atoms with Crippen LogP contribution < -0.4 is 0 Å². The van der Waals surface area contributed by atoms with Gasteiger partial charge in [0.1, 0.15) is 6.54 Å². The molecule has 1 aromatic heterocycles. The number of aliphatic carboxylic acids is 1. The summed E-state index contributed by atoms with van der Waals surface area (Å²) in [7, 11) is 0. The largest absolute Gasteiger partial charge is 0.480 e. The molecule has 70 valence electrons. The Balaban J connectivity index is 2.05. The van der Waals surface area contributed by atoms with Crippen LogP contribution in [0.2, 0.25) is 0 Å². The Labute approximate surface area is 74.6 Å². The molecular formula is C7H10N4O2. The van der Waals surface area contributed by atoms with Gasteiger partial charge in [-0.25, -0.2) is 4.68 Å². The molecule has 1 aliphatic carbocycles. The van der Waals surface area contributed by atoms with Crippen LogP contribution >= 0.6 is 0 Å². The lowest BCUT2D eigenvalue weighted by Crippen LogP contribution is -2.13. The zero-order valence-corrected chi connectivity index (χ0v) is 7.05. The van der Waals surface area contributed by atoms with Crippen molar-refractivity contribution in [2.24, 2.45) is 5.92 Å². The van der Waals surface area contributed by atoms with Crippen molar-refractivity contribution in [3.8, 4) is 0 Å². The fourth-order valence-corrected chi connectivity index (χ4v) is 1.20. The van der Waals surface area contributed by atoms with Gasteiger partial charge < -0.3 is 5.11 Å². The maximum Gasteiger partial charge on any atom is 0.325 e. The average molecular weight is 182 g/mol. The molecule has 2 rings (SSSR count). The van der Waals surface area contributed by atoms with Crippen LogP contribution in [0.3, 0.4) is 0 Å². The Morgan fingerprint density at radius 3 is 3.00 bits per heavy atom. The number of tetrazole rings is 1. The van der Waals surface area contributed by atoms with E-state index in [0.29, 0.717) is 11.7 Å². The highest BCUT2D eigenvalue weighted by molar-refractivity contribution is 5.66. The zero-order valence-electron chi connectivity index (χ0n) is 7.05. The van der Waals surface area contributed by atoms with E-state index in [-0.39, 0.29) is 6.54 Å². The van der Waals surface area contributed by atoms with Gasteiger partial charge in [0.15, 0.2) is 5.82 Å². The third kappa shape index (κ3) is 2.01. The summed E-state index contributed by atoms with van der Waals surface area (Å²) in [6, 6.07) is 0. The van der Waals surface area contributed by atoms with Crippen molar-refractivity contribution >= 4 is 5.97 Å². The van der Waals surface area contributed by atoms with E-state index < -0.39 is 5.97 Å². The molecule has 0 bridgehead atoms. The molecule has 13 heavy (non-hydrogen) atoms. The van der Waals surface area contributed by atoms with E-state index in [1.807, 2.05) is 0 Å². The van der Waals surface area contributed by atoms with Crippen LogP contribution in [0.5, 0.6) is 0 Å². The van der Waals surface area contributed by atoms with Crippen LogP contribution in [0.25, 0.3) is 0 Å². The van der Waals surface area contributed by atoms with Crippen molar-refractivity contribution in [2.75, 3.05) is 0 Å². The molecule has 0 unspecified atom stereocenters. The first kappa shape index (κ1) is 8.15. The average Bonchev–Trinajstić information content (AvgIpc) is 2.75. The number of carboxylic acids is 1. The Kier molecular flexibility index (Phi) is 1.96. The lowest BCUT2D eigenvalue weighted by Gasteiger charge is -1.98. The Hall–Kier alpha value is -1.46. The summed E-state index contributed by atoms with van der Waals surface area (Å²) in [4.78, 5) is 10.4. The second kappa shape index (κ2) is 3.12. The van der Waals surface area contributed by atoms with Gasteiger partial charge in [0, 0.05) is 6.42 Å². The van der Waals surface area contributed by atoms with Crippen LogP contribution in [-0.4, -0.2) is 31.3 Å². The number of carboxylic acid groups (broad SMARTS) is 1. The van der Waals surface area contributed by atoms with E-state index in [4.69, 9.17) is 5.11 Å². The van der Waals surface area contributed by atoms with Gasteiger partial charge in [-0.15, -0.1) is 5.10 Å². The highest BCUT2D eigenvalue weighted by Crippen LogP contribution is 2.31. The second-order valence-electron chi connectivity index (χ2n) is 3.29. The van der Waals surface area contributed by atoms with Crippen molar-refractivity contribution in [2.45, 2.75) is 25.8 Å². The van der Waals surface area contributed by atoms with Crippen molar-refractivity contribution < 1.29 is 9.90 Å². The summed E-state index contributed by atoms with van der Waals surface area (Å²) in [5.74, 6) is 0.438. The summed E-state index contributed by atoms with van der Waals surface area (Å²) in [6.07, 6.45) is 3.22. The molecule has 1 saturated carbocycles. The van der Waals surface area contributed by atoms with Crippen LogP contribution in [0.15, 0.2) is 0 Å². The Morgan fingerprint density at radius 2 is 2.38 bits per heavy atom. The predicted molar refractivity (Wildman–Crippen MR) is 41.9 cm³/mol. The number of carbonyl (C=O) groups is 1. The molecule has 0 aromatic carbocycles. The maximum absolute atomic E-state index is 10.4. The predicted octanol–water partition coefficient (Wildman–Crippen LogP) is -0.290. The second-order valence-corrected chi connectivity index (χ2v) is 3.29. The molecule has 0 atom stereocenters. The summed E-state index contributed by atoms with van der Waals surface area (Å²) in [5, 5.41) is 19.4. The summed E-state index contributed by atoms with van der Waals surface area (Å²) < 4.78 is 1.35. The lowest BCUT2D eigenvalue weighted by molar-refractivity contribution is -0.138. The molecule has 1 aliphatic rings. The van der Waals surface area contributed by atoms with E-state index in [1.165, 1.54) is 17.5 Å². The Morgan fingerprint density at radius 1 is 1.62 bits per heavy atom. The molecule has 0 amide bonds. The monoisotopic (exact) mass is 182 g/mol. The molecule has 0 radical (unpaired) electrons. The van der Waals surface area contributed by atoms with Crippen molar-refractivity contribution in [1.82, 2.24) is 20.2 Å². The quantitative estimate of drug-likeness (QED) is 0.692.